The monoisotopic (exact) mass is 474 g/mol. The molecule has 9 heteroatoms. The minimum Gasteiger partial charge on any atom is -0.492 e. The second kappa shape index (κ2) is 11.2. The maximum absolute atomic E-state index is 12.9. The highest BCUT2D eigenvalue weighted by Crippen LogP contribution is 2.31. The molecule has 0 atom stereocenters. The number of ether oxygens (including phenoxy) is 3. The number of benzene rings is 2. The summed E-state index contributed by atoms with van der Waals surface area (Å²) in [5.74, 6) is 1.30. The van der Waals surface area contributed by atoms with E-state index in [1.54, 1.807) is 26.0 Å². The second-order valence-electron chi connectivity index (χ2n) is 7.26. The van der Waals surface area contributed by atoms with Crippen molar-refractivity contribution in [2.24, 2.45) is 0 Å². The molecule has 1 heterocycles. The van der Waals surface area contributed by atoms with Crippen molar-refractivity contribution in [3.63, 3.8) is 0 Å². The Kier molecular flexibility index (Phi) is 8.35. The Balaban J connectivity index is 1.81. The first-order valence-electron chi connectivity index (χ1n) is 11.0. The van der Waals surface area contributed by atoms with Crippen molar-refractivity contribution in [1.29, 1.82) is 0 Å². The van der Waals surface area contributed by atoms with Crippen LogP contribution in [-0.2, 0) is 14.8 Å². The number of hydrogen-bond donors (Lipinski definition) is 1. The van der Waals surface area contributed by atoms with Gasteiger partial charge in [0.15, 0.2) is 11.5 Å². The predicted octanol–water partition coefficient (Wildman–Crippen LogP) is 3.93. The van der Waals surface area contributed by atoms with Crippen LogP contribution in [0.15, 0.2) is 47.4 Å². The van der Waals surface area contributed by atoms with Crippen LogP contribution in [0.4, 0.5) is 5.69 Å². The van der Waals surface area contributed by atoms with E-state index in [1.165, 1.54) is 22.5 Å². The van der Waals surface area contributed by atoms with E-state index in [1.807, 2.05) is 25.1 Å². The molecule has 33 heavy (non-hydrogen) atoms. The predicted molar refractivity (Wildman–Crippen MR) is 127 cm³/mol. The molecule has 0 fully saturated rings. The lowest BCUT2D eigenvalue weighted by molar-refractivity contribution is -0.111. The zero-order chi connectivity index (χ0) is 23.8. The third-order valence-corrected chi connectivity index (χ3v) is 7.10. The van der Waals surface area contributed by atoms with Gasteiger partial charge in [-0.1, -0.05) is 19.9 Å². The molecule has 0 aromatic heterocycles. The summed E-state index contributed by atoms with van der Waals surface area (Å²) in [5.41, 5.74) is 1.07. The summed E-state index contributed by atoms with van der Waals surface area (Å²) in [6.45, 7) is 7.64. The molecule has 0 bridgehead atoms. The summed E-state index contributed by atoms with van der Waals surface area (Å²) < 4.78 is 44.0. The van der Waals surface area contributed by atoms with Crippen LogP contribution in [0.5, 0.6) is 17.2 Å². The summed E-state index contributed by atoms with van der Waals surface area (Å²) in [6.07, 6.45) is 3.84. The zero-order valence-corrected chi connectivity index (χ0v) is 20.0. The van der Waals surface area contributed by atoms with Crippen molar-refractivity contribution in [3.8, 4) is 17.2 Å². The van der Waals surface area contributed by atoms with Gasteiger partial charge in [-0.15, -0.1) is 0 Å². The molecule has 2 aromatic rings. The SMILES string of the molecule is CCOc1ccc(S(=O)(=O)N(CC)CC)cc1NC(=O)/C=C/c1ccc2c(c1)OCCCO2. The minimum absolute atomic E-state index is 0.0943. The van der Waals surface area contributed by atoms with E-state index in [4.69, 9.17) is 14.2 Å². The number of rotatable bonds is 9. The molecule has 3 rings (SSSR count). The van der Waals surface area contributed by atoms with Gasteiger partial charge in [-0.25, -0.2) is 8.42 Å². The number of nitrogens with one attached hydrogen (secondary N) is 1. The number of anilines is 1. The summed E-state index contributed by atoms with van der Waals surface area (Å²) >= 11 is 0. The summed E-state index contributed by atoms with van der Waals surface area (Å²) in [6, 6.07) is 9.93. The fourth-order valence-corrected chi connectivity index (χ4v) is 4.88. The number of hydrogen-bond acceptors (Lipinski definition) is 6. The molecule has 1 aliphatic rings. The molecule has 8 nitrogen and oxygen atoms in total. The van der Waals surface area contributed by atoms with E-state index in [9.17, 15) is 13.2 Å². The van der Waals surface area contributed by atoms with Crippen molar-refractivity contribution < 1.29 is 27.4 Å². The van der Waals surface area contributed by atoms with E-state index < -0.39 is 15.9 Å². The topological polar surface area (TPSA) is 94.2 Å². The largest absolute Gasteiger partial charge is 0.492 e. The van der Waals surface area contributed by atoms with Crippen molar-refractivity contribution in [1.82, 2.24) is 4.31 Å². The highest BCUT2D eigenvalue weighted by Gasteiger charge is 2.23. The van der Waals surface area contributed by atoms with E-state index in [0.717, 1.165) is 12.0 Å². The number of carbonyl (C=O) groups excluding carboxylic acids is 1. The highest BCUT2D eigenvalue weighted by molar-refractivity contribution is 7.89. The Morgan fingerprint density at radius 2 is 1.79 bits per heavy atom. The van der Waals surface area contributed by atoms with Crippen LogP contribution in [-0.4, -0.2) is 51.5 Å². The van der Waals surface area contributed by atoms with Crippen LogP contribution in [0, 0.1) is 0 Å². The molecule has 1 N–H and O–H groups in total. The highest BCUT2D eigenvalue weighted by atomic mass is 32.2. The molecule has 0 spiro atoms. The van der Waals surface area contributed by atoms with Gasteiger partial charge >= 0.3 is 0 Å². The van der Waals surface area contributed by atoms with Crippen LogP contribution in [0.1, 0.15) is 32.8 Å². The van der Waals surface area contributed by atoms with Gasteiger partial charge in [-0.3, -0.25) is 4.79 Å². The molecule has 0 unspecified atom stereocenters. The van der Waals surface area contributed by atoms with Crippen LogP contribution in [0.2, 0.25) is 0 Å². The van der Waals surface area contributed by atoms with Crippen molar-refractivity contribution in [2.45, 2.75) is 32.1 Å². The van der Waals surface area contributed by atoms with Gasteiger partial charge in [0.2, 0.25) is 15.9 Å². The molecule has 0 saturated heterocycles. The average Bonchev–Trinajstić information content (AvgIpc) is 3.04. The number of fused-ring (bicyclic) bond motifs is 1. The number of nitrogens with zero attached hydrogens (tertiary/aromatic N) is 1. The van der Waals surface area contributed by atoms with Crippen LogP contribution in [0.3, 0.4) is 0 Å². The van der Waals surface area contributed by atoms with E-state index in [0.29, 0.717) is 55.8 Å². The lowest BCUT2D eigenvalue weighted by Gasteiger charge is -2.19. The van der Waals surface area contributed by atoms with Gasteiger partial charge in [-0.2, -0.15) is 4.31 Å². The molecule has 0 aliphatic carbocycles. The maximum atomic E-state index is 12.9. The van der Waals surface area contributed by atoms with Gasteiger partial charge in [0.25, 0.3) is 0 Å². The summed E-state index contributed by atoms with van der Waals surface area (Å²) in [4.78, 5) is 12.7. The van der Waals surface area contributed by atoms with Gasteiger partial charge in [0.05, 0.1) is 30.4 Å². The molecule has 2 aromatic carbocycles. The Morgan fingerprint density at radius 1 is 1.06 bits per heavy atom. The third kappa shape index (κ3) is 6.06. The van der Waals surface area contributed by atoms with Crippen LogP contribution < -0.4 is 19.5 Å². The van der Waals surface area contributed by atoms with Crippen LogP contribution in [0.25, 0.3) is 6.08 Å². The number of sulfonamides is 1. The number of carbonyl (C=O) groups is 1. The normalized spacial score (nSPS) is 13.7. The minimum atomic E-state index is -3.68. The van der Waals surface area contributed by atoms with Gasteiger partial charge in [0.1, 0.15) is 5.75 Å². The Morgan fingerprint density at radius 3 is 2.48 bits per heavy atom. The van der Waals surface area contributed by atoms with Crippen molar-refractivity contribution >= 4 is 27.7 Å². The standard InChI is InChI=1S/C24H30N2O6S/c1-4-26(5-2)33(28,29)19-10-12-21(30-6-3)20(17-19)25-24(27)13-9-18-8-11-22-23(16-18)32-15-7-14-31-22/h8-13,16-17H,4-7,14-15H2,1-3H3,(H,25,27)/b13-9+. The molecule has 1 aliphatic heterocycles. The van der Waals surface area contributed by atoms with Crippen molar-refractivity contribution in [3.05, 3.63) is 48.0 Å². The van der Waals surface area contributed by atoms with E-state index >= 15 is 0 Å². The first kappa shape index (κ1) is 24.6. The second-order valence-corrected chi connectivity index (χ2v) is 9.20. The lowest BCUT2D eigenvalue weighted by atomic mass is 10.2. The molecule has 0 radical (unpaired) electrons. The van der Waals surface area contributed by atoms with Gasteiger partial charge in [-0.05, 0) is 48.9 Å². The molecule has 178 valence electrons. The zero-order valence-electron chi connectivity index (χ0n) is 19.2. The lowest BCUT2D eigenvalue weighted by Crippen LogP contribution is -2.30. The Bertz CT molecular complexity index is 1110. The van der Waals surface area contributed by atoms with Crippen molar-refractivity contribution in [2.75, 3.05) is 38.2 Å². The Hall–Kier alpha value is -3.04. The van der Waals surface area contributed by atoms with Crippen LogP contribution >= 0.6 is 0 Å². The smallest absolute Gasteiger partial charge is 0.248 e. The molecule has 1 amide bonds. The fourth-order valence-electron chi connectivity index (χ4n) is 3.39. The number of amides is 1. The van der Waals surface area contributed by atoms with E-state index in [-0.39, 0.29) is 4.90 Å². The molecule has 0 saturated carbocycles. The first-order chi connectivity index (χ1) is 15.9. The quantitative estimate of drug-likeness (QED) is 0.554. The van der Waals surface area contributed by atoms with E-state index in [2.05, 4.69) is 5.32 Å². The Labute approximate surface area is 195 Å². The maximum Gasteiger partial charge on any atom is 0.248 e. The summed E-state index contributed by atoms with van der Waals surface area (Å²) in [5, 5.41) is 2.74. The van der Waals surface area contributed by atoms with Gasteiger partial charge in [0, 0.05) is 25.6 Å². The molecular weight excluding hydrogens is 444 g/mol. The fraction of sp³-hybridized carbons (Fsp3) is 0.375. The first-order valence-corrected chi connectivity index (χ1v) is 12.5. The summed E-state index contributed by atoms with van der Waals surface area (Å²) in [7, 11) is -3.68. The molecular formula is C24H30N2O6S. The van der Waals surface area contributed by atoms with Gasteiger partial charge < -0.3 is 19.5 Å². The third-order valence-electron chi connectivity index (χ3n) is 5.05. The average molecular weight is 475 g/mol.